The maximum Gasteiger partial charge on any atom is 0.272 e. The number of hydrogen-bond acceptors (Lipinski definition) is 4. The van der Waals surface area contributed by atoms with E-state index in [1.54, 1.807) is 18.2 Å². The number of aliphatic hydroxyl groups is 1. The van der Waals surface area contributed by atoms with E-state index in [9.17, 15) is 10.1 Å². The molecule has 0 atom stereocenters. The van der Waals surface area contributed by atoms with E-state index in [1.807, 2.05) is 6.92 Å². The van der Waals surface area contributed by atoms with E-state index in [-0.39, 0.29) is 28.1 Å². The van der Waals surface area contributed by atoms with Gasteiger partial charge in [0, 0.05) is 12.1 Å². The summed E-state index contributed by atoms with van der Waals surface area (Å²) < 4.78 is 5.64. The first-order valence-electron chi connectivity index (χ1n) is 5.94. The van der Waals surface area contributed by atoms with Gasteiger partial charge in [0.2, 0.25) is 0 Å². The third-order valence-corrected chi connectivity index (χ3v) is 3.39. The van der Waals surface area contributed by atoms with Gasteiger partial charge in [-0.1, -0.05) is 35.3 Å². The minimum absolute atomic E-state index is 0.0554. The first-order valence-corrected chi connectivity index (χ1v) is 6.69. The minimum Gasteiger partial charge on any atom is -0.454 e. The van der Waals surface area contributed by atoms with Crippen LogP contribution in [0.2, 0.25) is 10.0 Å². The fourth-order valence-corrected chi connectivity index (χ4v) is 2.34. The van der Waals surface area contributed by atoms with E-state index in [4.69, 9.17) is 33.0 Å². The summed E-state index contributed by atoms with van der Waals surface area (Å²) in [6.07, 6.45) is 0. The van der Waals surface area contributed by atoms with E-state index < -0.39 is 4.92 Å². The van der Waals surface area contributed by atoms with Crippen LogP contribution in [-0.4, -0.2) is 10.0 Å². The summed E-state index contributed by atoms with van der Waals surface area (Å²) in [5, 5.41) is 19.9. The SMILES string of the molecule is Cc1cc(CO)ccc1Oc1c(Cl)cc([N+](=O)[O-])cc1Cl. The lowest BCUT2D eigenvalue weighted by molar-refractivity contribution is -0.384. The zero-order valence-electron chi connectivity index (χ0n) is 11.0. The second kappa shape index (κ2) is 6.30. The van der Waals surface area contributed by atoms with Gasteiger partial charge in [0.1, 0.15) is 5.75 Å². The molecule has 21 heavy (non-hydrogen) atoms. The molecular formula is C14H11Cl2NO4. The molecule has 0 saturated carbocycles. The topological polar surface area (TPSA) is 72.6 Å². The summed E-state index contributed by atoms with van der Waals surface area (Å²) in [6.45, 7) is 1.74. The number of nitro groups is 1. The average molecular weight is 328 g/mol. The molecule has 7 heteroatoms. The molecule has 0 aliphatic rings. The number of rotatable bonds is 4. The van der Waals surface area contributed by atoms with Gasteiger partial charge in [0.25, 0.3) is 5.69 Å². The number of aryl methyl sites for hydroxylation is 1. The summed E-state index contributed by atoms with van der Waals surface area (Å²) in [7, 11) is 0. The Kier molecular flexibility index (Phi) is 4.67. The Bertz CT molecular complexity index is 680. The molecular weight excluding hydrogens is 317 g/mol. The smallest absolute Gasteiger partial charge is 0.272 e. The highest BCUT2D eigenvalue weighted by Gasteiger charge is 2.17. The molecule has 0 bridgehead atoms. The molecule has 0 unspecified atom stereocenters. The lowest BCUT2D eigenvalue weighted by Crippen LogP contribution is -1.94. The lowest BCUT2D eigenvalue weighted by Gasteiger charge is -2.12. The maximum absolute atomic E-state index is 10.7. The molecule has 0 fully saturated rings. The summed E-state index contributed by atoms with van der Waals surface area (Å²) in [4.78, 5) is 10.1. The van der Waals surface area contributed by atoms with Crippen molar-refractivity contribution in [1.29, 1.82) is 0 Å². The fraction of sp³-hybridized carbons (Fsp3) is 0.143. The normalized spacial score (nSPS) is 10.5. The first-order chi connectivity index (χ1) is 9.92. The number of benzene rings is 2. The third-order valence-electron chi connectivity index (χ3n) is 2.83. The van der Waals surface area contributed by atoms with E-state index in [2.05, 4.69) is 0 Å². The Balaban J connectivity index is 2.38. The van der Waals surface area contributed by atoms with Gasteiger partial charge in [-0.15, -0.1) is 0 Å². The predicted molar refractivity (Wildman–Crippen MR) is 80.3 cm³/mol. The molecule has 2 rings (SSSR count). The molecule has 0 aromatic heterocycles. The van der Waals surface area contributed by atoms with Crippen LogP contribution in [-0.2, 0) is 6.61 Å². The van der Waals surface area contributed by atoms with Crippen molar-refractivity contribution in [3.05, 3.63) is 61.6 Å². The quantitative estimate of drug-likeness (QED) is 0.663. The number of aliphatic hydroxyl groups excluding tert-OH is 1. The molecule has 0 radical (unpaired) electrons. The van der Waals surface area contributed by atoms with E-state index >= 15 is 0 Å². The van der Waals surface area contributed by atoms with Gasteiger partial charge >= 0.3 is 0 Å². The molecule has 0 heterocycles. The highest BCUT2D eigenvalue weighted by molar-refractivity contribution is 6.37. The monoisotopic (exact) mass is 327 g/mol. The van der Waals surface area contributed by atoms with Gasteiger partial charge in [0.15, 0.2) is 5.75 Å². The Morgan fingerprint density at radius 1 is 1.24 bits per heavy atom. The first kappa shape index (κ1) is 15.6. The largest absolute Gasteiger partial charge is 0.454 e. The summed E-state index contributed by atoms with van der Waals surface area (Å²) >= 11 is 12.0. The Labute approximate surface area is 130 Å². The van der Waals surface area contributed by atoms with Gasteiger partial charge in [-0.25, -0.2) is 0 Å². The molecule has 5 nitrogen and oxygen atoms in total. The van der Waals surface area contributed by atoms with Crippen molar-refractivity contribution in [1.82, 2.24) is 0 Å². The van der Waals surface area contributed by atoms with Crippen molar-refractivity contribution in [3.8, 4) is 11.5 Å². The van der Waals surface area contributed by atoms with Crippen LogP contribution in [0.3, 0.4) is 0 Å². The number of halogens is 2. The van der Waals surface area contributed by atoms with Crippen molar-refractivity contribution < 1.29 is 14.8 Å². The van der Waals surface area contributed by atoms with E-state index in [1.165, 1.54) is 12.1 Å². The van der Waals surface area contributed by atoms with Crippen molar-refractivity contribution >= 4 is 28.9 Å². The number of ether oxygens (including phenoxy) is 1. The standard InChI is InChI=1S/C14H11Cl2NO4/c1-8-4-9(7-18)2-3-13(8)21-14-11(15)5-10(17(19)20)6-12(14)16/h2-6,18H,7H2,1H3. The predicted octanol–water partition coefficient (Wildman–Crippen LogP) is 4.49. The molecule has 2 aromatic rings. The van der Waals surface area contributed by atoms with Crippen LogP contribution in [0.4, 0.5) is 5.69 Å². The molecule has 0 spiro atoms. The van der Waals surface area contributed by atoms with Crippen LogP contribution in [0.15, 0.2) is 30.3 Å². The highest BCUT2D eigenvalue weighted by atomic mass is 35.5. The zero-order chi connectivity index (χ0) is 15.6. The third kappa shape index (κ3) is 3.44. The van der Waals surface area contributed by atoms with Crippen LogP contribution >= 0.6 is 23.2 Å². The molecule has 0 saturated heterocycles. The molecule has 0 aliphatic carbocycles. The Morgan fingerprint density at radius 3 is 2.33 bits per heavy atom. The second-order valence-corrected chi connectivity index (χ2v) is 5.17. The fourth-order valence-electron chi connectivity index (χ4n) is 1.78. The summed E-state index contributed by atoms with van der Waals surface area (Å²) in [6, 6.07) is 7.51. The average Bonchev–Trinajstić information content (AvgIpc) is 2.43. The summed E-state index contributed by atoms with van der Waals surface area (Å²) in [5.74, 6) is 0.661. The molecule has 0 amide bonds. The Hall–Kier alpha value is -1.82. The van der Waals surface area contributed by atoms with Crippen LogP contribution in [0.5, 0.6) is 11.5 Å². The molecule has 1 N–H and O–H groups in total. The van der Waals surface area contributed by atoms with Crippen LogP contribution < -0.4 is 4.74 Å². The van der Waals surface area contributed by atoms with Crippen LogP contribution in [0.25, 0.3) is 0 Å². The van der Waals surface area contributed by atoms with Gasteiger partial charge in [0.05, 0.1) is 21.6 Å². The lowest BCUT2D eigenvalue weighted by atomic mass is 10.1. The van der Waals surface area contributed by atoms with Gasteiger partial charge in [-0.2, -0.15) is 0 Å². The van der Waals surface area contributed by atoms with Crippen molar-refractivity contribution in [2.24, 2.45) is 0 Å². The van der Waals surface area contributed by atoms with E-state index in [0.717, 1.165) is 11.1 Å². The maximum atomic E-state index is 10.7. The number of nitrogens with zero attached hydrogens (tertiary/aromatic N) is 1. The molecule has 2 aromatic carbocycles. The minimum atomic E-state index is -0.581. The molecule has 0 aliphatic heterocycles. The molecule has 110 valence electrons. The van der Waals surface area contributed by atoms with Crippen LogP contribution in [0, 0.1) is 17.0 Å². The zero-order valence-corrected chi connectivity index (χ0v) is 12.5. The number of non-ortho nitro benzene ring substituents is 1. The van der Waals surface area contributed by atoms with Crippen molar-refractivity contribution in [2.45, 2.75) is 13.5 Å². The van der Waals surface area contributed by atoms with E-state index in [0.29, 0.717) is 5.75 Å². The van der Waals surface area contributed by atoms with Gasteiger partial charge in [-0.3, -0.25) is 10.1 Å². The van der Waals surface area contributed by atoms with Crippen LogP contribution in [0.1, 0.15) is 11.1 Å². The van der Waals surface area contributed by atoms with Crippen molar-refractivity contribution in [2.75, 3.05) is 0 Å². The summed E-state index contributed by atoms with van der Waals surface area (Å²) in [5.41, 5.74) is 1.33. The highest BCUT2D eigenvalue weighted by Crippen LogP contribution is 2.40. The van der Waals surface area contributed by atoms with Gasteiger partial charge in [-0.05, 0) is 24.1 Å². The Morgan fingerprint density at radius 2 is 1.86 bits per heavy atom. The van der Waals surface area contributed by atoms with Crippen molar-refractivity contribution in [3.63, 3.8) is 0 Å². The second-order valence-electron chi connectivity index (χ2n) is 4.36. The number of hydrogen-bond donors (Lipinski definition) is 1. The number of nitro benzene ring substituents is 1. The van der Waals surface area contributed by atoms with Gasteiger partial charge < -0.3 is 9.84 Å².